The van der Waals surface area contributed by atoms with Crippen molar-refractivity contribution in [2.45, 2.75) is 25.3 Å². The molecule has 1 aliphatic heterocycles. The van der Waals surface area contributed by atoms with Gasteiger partial charge in [0.1, 0.15) is 11.8 Å². The molecule has 1 aromatic carbocycles. The number of carbonyl (C=O) groups excluding carboxylic acids is 1. The molecule has 22 heavy (non-hydrogen) atoms. The number of ether oxygens (including phenoxy) is 2. The van der Waals surface area contributed by atoms with Gasteiger partial charge in [-0.1, -0.05) is 12.1 Å². The van der Waals surface area contributed by atoms with E-state index in [1.54, 1.807) is 31.4 Å². The number of benzene rings is 1. The molecule has 2 atom stereocenters. The Kier molecular flexibility index (Phi) is 5.77. The zero-order valence-corrected chi connectivity index (χ0v) is 12.6. The van der Waals surface area contributed by atoms with Gasteiger partial charge in [-0.05, 0) is 30.5 Å². The highest BCUT2D eigenvalue weighted by atomic mass is 16.5. The second kappa shape index (κ2) is 7.79. The number of nitrogens with one attached hydrogen (secondary N) is 1. The van der Waals surface area contributed by atoms with Crippen molar-refractivity contribution in [2.75, 3.05) is 20.3 Å². The fraction of sp³-hybridized carbons (Fsp3) is 0.500. The lowest BCUT2D eigenvalue weighted by Gasteiger charge is -2.28. The summed E-state index contributed by atoms with van der Waals surface area (Å²) in [6.45, 7) is 1.03. The molecule has 2 N–H and O–H groups in total. The number of rotatable bonds is 6. The number of amides is 1. The molecule has 0 aliphatic carbocycles. The maximum Gasteiger partial charge on any atom is 0.326 e. The highest BCUT2D eigenvalue weighted by Crippen LogP contribution is 2.18. The van der Waals surface area contributed by atoms with Crippen LogP contribution < -0.4 is 10.1 Å². The molecular weight excluding hydrogens is 286 g/mol. The van der Waals surface area contributed by atoms with Crippen LogP contribution in [0.4, 0.5) is 0 Å². The summed E-state index contributed by atoms with van der Waals surface area (Å²) in [5.74, 6) is -0.778. The number of carbonyl (C=O) groups is 2. The molecular formula is C16H21NO5. The first-order valence-electron chi connectivity index (χ1n) is 7.33. The second-order valence-corrected chi connectivity index (χ2v) is 5.39. The number of methoxy groups -OCH3 is 1. The summed E-state index contributed by atoms with van der Waals surface area (Å²) in [6, 6.07) is 6.22. The summed E-state index contributed by atoms with van der Waals surface area (Å²) >= 11 is 0. The maximum atomic E-state index is 12.1. The molecule has 0 saturated carbocycles. The van der Waals surface area contributed by atoms with Gasteiger partial charge in [-0.15, -0.1) is 0 Å². The van der Waals surface area contributed by atoms with E-state index in [4.69, 9.17) is 9.47 Å². The first kappa shape index (κ1) is 16.3. The largest absolute Gasteiger partial charge is 0.497 e. The van der Waals surface area contributed by atoms with E-state index >= 15 is 0 Å². The summed E-state index contributed by atoms with van der Waals surface area (Å²) in [5.41, 5.74) is 0.808. The molecule has 1 saturated heterocycles. The predicted octanol–water partition coefficient (Wildman–Crippen LogP) is 1.23. The monoisotopic (exact) mass is 307 g/mol. The smallest absolute Gasteiger partial charge is 0.326 e. The van der Waals surface area contributed by atoms with Crippen LogP contribution in [0.15, 0.2) is 24.3 Å². The Morgan fingerprint density at radius 1 is 1.41 bits per heavy atom. The molecule has 1 aliphatic rings. The summed E-state index contributed by atoms with van der Waals surface area (Å²) in [6.07, 6.45) is 1.71. The van der Waals surface area contributed by atoms with Gasteiger partial charge in [-0.3, -0.25) is 4.79 Å². The van der Waals surface area contributed by atoms with Crippen molar-refractivity contribution in [1.29, 1.82) is 0 Å². The van der Waals surface area contributed by atoms with Crippen molar-refractivity contribution < 1.29 is 24.2 Å². The van der Waals surface area contributed by atoms with Crippen LogP contribution in [-0.2, 0) is 20.7 Å². The Hall–Kier alpha value is -2.08. The first-order chi connectivity index (χ1) is 10.6. The molecule has 0 spiro atoms. The number of carboxylic acids is 1. The highest BCUT2D eigenvalue weighted by Gasteiger charge is 2.31. The molecule has 0 bridgehead atoms. The molecule has 1 fully saturated rings. The van der Waals surface area contributed by atoms with E-state index in [1.165, 1.54) is 0 Å². The number of hydrogen-bond acceptors (Lipinski definition) is 4. The fourth-order valence-electron chi connectivity index (χ4n) is 2.56. The molecule has 6 heteroatoms. The van der Waals surface area contributed by atoms with E-state index in [0.717, 1.165) is 18.4 Å². The summed E-state index contributed by atoms with van der Waals surface area (Å²) in [5, 5.41) is 11.9. The van der Waals surface area contributed by atoms with Crippen LogP contribution in [0.1, 0.15) is 18.4 Å². The Morgan fingerprint density at radius 3 is 2.68 bits per heavy atom. The number of carboxylic acid groups (broad SMARTS) is 1. The molecule has 0 aromatic heterocycles. The van der Waals surface area contributed by atoms with E-state index in [9.17, 15) is 14.7 Å². The molecule has 2 rings (SSSR count). The minimum atomic E-state index is -1.02. The minimum absolute atomic E-state index is 0.140. The Bertz CT molecular complexity index is 508. The van der Waals surface area contributed by atoms with E-state index in [0.29, 0.717) is 19.0 Å². The zero-order chi connectivity index (χ0) is 15.9. The van der Waals surface area contributed by atoms with Gasteiger partial charge in [-0.25, -0.2) is 4.79 Å². The Balaban J connectivity index is 1.93. The van der Waals surface area contributed by atoms with Gasteiger partial charge in [0.25, 0.3) is 0 Å². The van der Waals surface area contributed by atoms with Crippen molar-refractivity contribution >= 4 is 11.9 Å². The normalized spacial score (nSPS) is 19.2. The number of hydrogen-bond donors (Lipinski definition) is 2. The maximum absolute atomic E-state index is 12.1. The minimum Gasteiger partial charge on any atom is -0.497 e. The molecule has 1 aromatic rings. The summed E-state index contributed by atoms with van der Waals surface area (Å²) in [7, 11) is 1.57. The van der Waals surface area contributed by atoms with E-state index in [2.05, 4.69) is 5.32 Å². The SMILES string of the molecule is COc1ccc(CC(=O)NC(C(=O)O)C2CCCOC2)cc1. The van der Waals surface area contributed by atoms with E-state index < -0.39 is 12.0 Å². The van der Waals surface area contributed by atoms with Gasteiger partial charge in [0.05, 0.1) is 20.1 Å². The molecule has 6 nitrogen and oxygen atoms in total. The molecule has 120 valence electrons. The van der Waals surface area contributed by atoms with Crippen molar-refractivity contribution in [1.82, 2.24) is 5.32 Å². The quantitative estimate of drug-likeness (QED) is 0.826. The lowest BCUT2D eigenvalue weighted by molar-refractivity contribution is -0.145. The third-order valence-corrected chi connectivity index (χ3v) is 3.77. The van der Waals surface area contributed by atoms with Crippen molar-refractivity contribution in [2.24, 2.45) is 5.92 Å². The summed E-state index contributed by atoms with van der Waals surface area (Å²) in [4.78, 5) is 23.5. The van der Waals surface area contributed by atoms with Crippen LogP contribution in [0.5, 0.6) is 5.75 Å². The topological polar surface area (TPSA) is 84.9 Å². The zero-order valence-electron chi connectivity index (χ0n) is 12.6. The average molecular weight is 307 g/mol. The predicted molar refractivity (Wildman–Crippen MR) is 79.8 cm³/mol. The third kappa shape index (κ3) is 4.46. The number of aliphatic carboxylic acids is 1. The van der Waals surface area contributed by atoms with Crippen LogP contribution in [0.3, 0.4) is 0 Å². The first-order valence-corrected chi connectivity index (χ1v) is 7.33. The van der Waals surface area contributed by atoms with Crippen LogP contribution in [-0.4, -0.2) is 43.3 Å². The molecule has 1 amide bonds. The van der Waals surface area contributed by atoms with E-state index in [1.807, 2.05) is 0 Å². The van der Waals surface area contributed by atoms with E-state index in [-0.39, 0.29) is 18.2 Å². The van der Waals surface area contributed by atoms with Gasteiger partial charge < -0.3 is 19.9 Å². The lowest BCUT2D eigenvalue weighted by Crippen LogP contribution is -2.48. The van der Waals surface area contributed by atoms with Gasteiger partial charge in [-0.2, -0.15) is 0 Å². The average Bonchev–Trinajstić information content (AvgIpc) is 2.54. The van der Waals surface area contributed by atoms with Gasteiger partial charge in [0, 0.05) is 12.5 Å². The fourth-order valence-corrected chi connectivity index (χ4v) is 2.56. The molecule has 1 heterocycles. The molecule has 0 radical (unpaired) electrons. The highest BCUT2D eigenvalue weighted by molar-refractivity contribution is 5.85. The van der Waals surface area contributed by atoms with Crippen molar-refractivity contribution in [3.05, 3.63) is 29.8 Å². The van der Waals surface area contributed by atoms with Crippen LogP contribution >= 0.6 is 0 Å². The third-order valence-electron chi connectivity index (χ3n) is 3.77. The molecule has 2 unspecified atom stereocenters. The summed E-state index contributed by atoms with van der Waals surface area (Å²) < 4.78 is 10.4. The standard InChI is InChI=1S/C16H21NO5/c1-21-13-6-4-11(5-7-13)9-14(18)17-15(16(19)20)12-3-2-8-22-10-12/h4-7,12,15H,2-3,8-10H2,1H3,(H,17,18)(H,19,20). The van der Waals surface area contributed by atoms with Gasteiger partial charge >= 0.3 is 5.97 Å². The van der Waals surface area contributed by atoms with Crippen molar-refractivity contribution in [3.8, 4) is 5.75 Å². The Morgan fingerprint density at radius 2 is 2.14 bits per heavy atom. The van der Waals surface area contributed by atoms with Crippen molar-refractivity contribution in [3.63, 3.8) is 0 Å². The van der Waals surface area contributed by atoms with Gasteiger partial charge in [0.15, 0.2) is 0 Å². The second-order valence-electron chi connectivity index (χ2n) is 5.39. The van der Waals surface area contributed by atoms with Crippen LogP contribution in [0.2, 0.25) is 0 Å². The van der Waals surface area contributed by atoms with Crippen LogP contribution in [0, 0.1) is 5.92 Å². The lowest BCUT2D eigenvalue weighted by atomic mass is 9.93. The van der Waals surface area contributed by atoms with Crippen LogP contribution in [0.25, 0.3) is 0 Å². The van der Waals surface area contributed by atoms with Gasteiger partial charge in [0.2, 0.25) is 5.91 Å². The Labute approximate surface area is 129 Å².